The molecule has 0 aliphatic carbocycles. The van der Waals surface area contributed by atoms with Gasteiger partial charge in [0.05, 0.1) is 37.9 Å². The second-order valence-electron chi connectivity index (χ2n) is 9.37. The fraction of sp³-hybridized carbons (Fsp3) is 0.464. The van der Waals surface area contributed by atoms with Gasteiger partial charge in [-0.15, -0.1) is 0 Å². The van der Waals surface area contributed by atoms with Crippen LogP contribution in [0.2, 0.25) is 0 Å². The molecule has 186 valence electrons. The van der Waals surface area contributed by atoms with Crippen LogP contribution in [-0.2, 0) is 14.3 Å². The van der Waals surface area contributed by atoms with Crippen molar-refractivity contribution in [1.82, 2.24) is 9.91 Å². The van der Waals surface area contributed by atoms with Crippen molar-refractivity contribution in [3.8, 4) is 5.75 Å². The van der Waals surface area contributed by atoms with Crippen LogP contribution in [-0.4, -0.2) is 60.8 Å². The molecule has 0 spiro atoms. The number of hydrogen-bond acceptors (Lipinski definition) is 6. The molecule has 7 heteroatoms. The Labute approximate surface area is 207 Å². The highest BCUT2D eigenvalue weighted by atomic mass is 16.5. The molecule has 2 atom stereocenters. The number of hydrazone groups is 1. The van der Waals surface area contributed by atoms with E-state index < -0.39 is 0 Å². The molecule has 0 N–H and O–H groups in total. The number of carbonyl (C=O) groups is 2. The molecule has 0 bridgehead atoms. The molecule has 2 aromatic carbocycles. The number of likely N-dealkylation sites (tertiary alicyclic amines) is 1. The van der Waals surface area contributed by atoms with E-state index in [-0.39, 0.29) is 30.4 Å². The number of benzene rings is 2. The van der Waals surface area contributed by atoms with Crippen molar-refractivity contribution >= 4 is 17.6 Å². The Morgan fingerprint density at radius 2 is 1.91 bits per heavy atom. The molecule has 1 fully saturated rings. The molecule has 0 unspecified atom stereocenters. The quantitative estimate of drug-likeness (QED) is 0.557. The number of carbonyl (C=O) groups excluding carboxylic acids is 2. The van der Waals surface area contributed by atoms with Crippen LogP contribution in [0.25, 0.3) is 0 Å². The van der Waals surface area contributed by atoms with E-state index in [2.05, 4.69) is 36.9 Å². The third-order valence-electron chi connectivity index (χ3n) is 6.99. The summed E-state index contributed by atoms with van der Waals surface area (Å²) in [4.78, 5) is 27.9. The van der Waals surface area contributed by atoms with E-state index in [1.165, 1.54) is 11.1 Å². The van der Waals surface area contributed by atoms with Crippen molar-refractivity contribution in [2.24, 2.45) is 11.0 Å². The first-order valence-corrected chi connectivity index (χ1v) is 12.4. The number of hydrogen-bond donors (Lipinski definition) is 0. The monoisotopic (exact) mass is 477 g/mol. The van der Waals surface area contributed by atoms with Crippen molar-refractivity contribution in [2.75, 3.05) is 33.4 Å². The molecule has 0 saturated carbocycles. The number of ether oxygens (including phenoxy) is 2. The fourth-order valence-corrected chi connectivity index (χ4v) is 4.94. The van der Waals surface area contributed by atoms with Crippen molar-refractivity contribution in [1.29, 1.82) is 0 Å². The Balaban J connectivity index is 1.59. The van der Waals surface area contributed by atoms with Gasteiger partial charge in [0, 0.05) is 18.5 Å². The Morgan fingerprint density at radius 1 is 1.11 bits per heavy atom. The lowest BCUT2D eigenvalue weighted by atomic mass is 9.96. The maximum Gasteiger partial charge on any atom is 0.310 e. The summed E-state index contributed by atoms with van der Waals surface area (Å²) >= 11 is 0. The van der Waals surface area contributed by atoms with Crippen molar-refractivity contribution in [3.05, 3.63) is 64.7 Å². The second-order valence-corrected chi connectivity index (χ2v) is 9.37. The lowest BCUT2D eigenvalue weighted by molar-refractivity contribution is -0.150. The third kappa shape index (κ3) is 5.56. The summed E-state index contributed by atoms with van der Waals surface area (Å²) in [6.45, 7) is 7.90. The van der Waals surface area contributed by atoms with Gasteiger partial charge < -0.3 is 9.47 Å². The fourth-order valence-electron chi connectivity index (χ4n) is 4.94. The predicted molar refractivity (Wildman–Crippen MR) is 135 cm³/mol. The van der Waals surface area contributed by atoms with Gasteiger partial charge in [0.15, 0.2) is 0 Å². The zero-order valence-corrected chi connectivity index (χ0v) is 21.1. The van der Waals surface area contributed by atoms with Gasteiger partial charge in [0.25, 0.3) is 5.91 Å². The zero-order valence-electron chi connectivity index (χ0n) is 21.1. The SMILES string of the molecule is CCOC(=O)[C@H]1CCCN(CC(=O)N2N=C(c3ccc(C)c(C)c3)C[C@@H]2c2ccccc2OC)C1. The number of esters is 1. The zero-order chi connectivity index (χ0) is 24.9. The number of rotatable bonds is 7. The van der Waals surface area contributed by atoms with Crippen LogP contribution < -0.4 is 4.74 Å². The largest absolute Gasteiger partial charge is 0.496 e. The van der Waals surface area contributed by atoms with Gasteiger partial charge in [0.2, 0.25) is 0 Å². The minimum atomic E-state index is -0.249. The first-order chi connectivity index (χ1) is 16.9. The van der Waals surface area contributed by atoms with Crippen LogP contribution in [0.1, 0.15) is 54.5 Å². The number of para-hydroxylation sites is 1. The molecule has 4 rings (SSSR count). The first-order valence-electron chi connectivity index (χ1n) is 12.4. The standard InChI is InChI=1S/C28H35N3O4/c1-5-35-28(33)22-9-8-14-30(17-22)18-27(32)31-25(23-10-6-7-11-26(23)34-4)16-24(29-31)21-13-12-19(2)20(3)15-21/h6-7,10-13,15,22,25H,5,8-9,14,16-18H2,1-4H3/t22-,25+/m0/s1. The average Bonchev–Trinajstić information content (AvgIpc) is 3.31. The molecule has 1 saturated heterocycles. The van der Waals surface area contributed by atoms with Crippen molar-refractivity contribution in [3.63, 3.8) is 0 Å². The van der Waals surface area contributed by atoms with Gasteiger partial charge in [-0.2, -0.15) is 5.10 Å². The molecule has 1 amide bonds. The Bertz CT molecular complexity index is 1110. The Morgan fingerprint density at radius 3 is 2.66 bits per heavy atom. The number of methoxy groups -OCH3 is 1. The molecule has 2 aliphatic rings. The van der Waals surface area contributed by atoms with Gasteiger partial charge in [0.1, 0.15) is 5.75 Å². The predicted octanol–water partition coefficient (Wildman–Crippen LogP) is 4.26. The van der Waals surface area contributed by atoms with Crippen LogP contribution in [0.5, 0.6) is 5.75 Å². The summed E-state index contributed by atoms with van der Waals surface area (Å²) in [7, 11) is 1.65. The van der Waals surface area contributed by atoms with Crippen molar-refractivity contribution in [2.45, 2.75) is 46.1 Å². The maximum absolute atomic E-state index is 13.6. The van der Waals surface area contributed by atoms with Crippen LogP contribution in [0.3, 0.4) is 0 Å². The molecular weight excluding hydrogens is 442 g/mol. The molecule has 2 aromatic rings. The topological polar surface area (TPSA) is 71.4 Å². The summed E-state index contributed by atoms with van der Waals surface area (Å²) in [6, 6.07) is 13.9. The van der Waals surface area contributed by atoms with E-state index in [0.717, 1.165) is 42.0 Å². The Kier molecular flexibility index (Phi) is 7.86. The van der Waals surface area contributed by atoms with Crippen LogP contribution in [0.4, 0.5) is 0 Å². The minimum absolute atomic E-state index is 0.0794. The molecule has 2 heterocycles. The van der Waals surface area contributed by atoms with Crippen LogP contribution in [0.15, 0.2) is 47.6 Å². The first kappa shape index (κ1) is 24.9. The molecule has 0 aromatic heterocycles. The molecular formula is C28H35N3O4. The lowest BCUT2D eigenvalue weighted by Gasteiger charge is -2.32. The second kappa shape index (κ2) is 11.0. The molecule has 0 radical (unpaired) electrons. The highest BCUT2D eigenvalue weighted by Gasteiger charge is 2.36. The number of aryl methyl sites for hydroxylation is 2. The van der Waals surface area contributed by atoms with Crippen LogP contribution in [0, 0.1) is 19.8 Å². The molecule has 2 aliphatic heterocycles. The summed E-state index contributed by atoms with van der Waals surface area (Å²) < 4.78 is 10.8. The van der Waals surface area contributed by atoms with E-state index in [4.69, 9.17) is 14.6 Å². The highest BCUT2D eigenvalue weighted by Crippen LogP contribution is 2.37. The van der Waals surface area contributed by atoms with Gasteiger partial charge in [-0.1, -0.05) is 30.3 Å². The smallest absolute Gasteiger partial charge is 0.310 e. The number of amides is 1. The lowest BCUT2D eigenvalue weighted by Crippen LogP contribution is -2.44. The third-order valence-corrected chi connectivity index (χ3v) is 6.99. The van der Waals surface area contributed by atoms with E-state index in [1.807, 2.05) is 31.2 Å². The van der Waals surface area contributed by atoms with Crippen molar-refractivity contribution < 1.29 is 19.1 Å². The maximum atomic E-state index is 13.6. The average molecular weight is 478 g/mol. The molecule has 7 nitrogen and oxygen atoms in total. The molecule has 35 heavy (non-hydrogen) atoms. The van der Waals surface area contributed by atoms with E-state index in [1.54, 1.807) is 12.1 Å². The van der Waals surface area contributed by atoms with Crippen LogP contribution >= 0.6 is 0 Å². The Hall–Kier alpha value is -3.19. The van der Waals surface area contributed by atoms with Gasteiger partial charge >= 0.3 is 5.97 Å². The van der Waals surface area contributed by atoms with Gasteiger partial charge in [-0.3, -0.25) is 14.5 Å². The van der Waals surface area contributed by atoms with E-state index >= 15 is 0 Å². The summed E-state index contributed by atoms with van der Waals surface area (Å²) in [5, 5.41) is 6.46. The number of nitrogens with zero attached hydrogens (tertiary/aromatic N) is 3. The van der Waals surface area contributed by atoms with Gasteiger partial charge in [-0.05, 0) is 69.0 Å². The van der Waals surface area contributed by atoms with Gasteiger partial charge in [-0.25, -0.2) is 5.01 Å². The van der Waals surface area contributed by atoms with E-state index in [9.17, 15) is 9.59 Å². The summed E-state index contributed by atoms with van der Waals surface area (Å²) in [5.74, 6) is 0.305. The normalized spacial score (nSPS) is 20.5. The summed E-state index contributed by atoms with van der Waals surface area (Å²) in [6.07, 6.45) is 2.27. The summed E-state index contributed by atoms with van der Waals surface area (Å²) in [5.41, 5.74) is 5.28. The van der Waals surface area contributed by atoms with E-state index in [0.29, 0.717) is 19.6 Å². The number of piperidine rings is 1. The minimum Gasteiger partial charge on any atom is -0.496 e. The highest BCUT2D eigenvalue weighted by molar-refractivity contribution is 6.03.